The van der Waals surface area contributed by atoms with Crippen molar-refractivity contribution in [3.63, 3.8) is 0 Å². The van der Waals surface area contributed by atoms with Gasteiger partial charge in [-0.2, -0.15) is 13.2 Å². The van der Waals surface area contributed by atoms with Gasteiger partial charge >= 0.3 is 6.18 Å². The number of hydrogen-bond acceptors (Lipinski definition) is 5. The first-order valence-corrected chi connectivity index (χ1v) is 13.5. The molecule has 4 rings (SSSR count). The van der Waals surface area contributed by atoms with Crippen molar-refractivity contribution in [2.24, 2.45) is 11.7 Å². The number of likely N-dealkylation sites (tertiary alicyclic amines) is 1. The number of carbonyl (C=O) groups is 1. The van der Waals surface area contributed by atoms with E-state index in [1.165, 1.54) is 4.90 Å². The molecule has 1 unspecified atom stereocenters. The molecule has 1 saturated heterocycles. The highest BCUT2D eigenvalue weighted by molar-refractivity contribution is 7.92. The molecular formula is C25H27F6N3O4S. The number of halogens is 6. The molecule has 4 atom stereocenters. The average Bonchev–Trinajstić information content (AvgIpc) is 3.27. The summed E-state index contributed by atoms with van der Waals surface area (Å²) in [6.45, 7) is -2.72. The zero-order chi connectivity index (χ0) is 28.8. The summed E-state index contributed by atoms with van der Waals surface area (Å²) in [5, 5.41) is 10.1. The lowest BCUT2D eigenvalue weighted by atomic mass is 9.88. The first-order valence-electron chi connectivity index (χ1n) is 12.1. The summed E-state index contributed by atoms with van der Waals surface area (Å²) in [4.78, 5) is 14.1. The number of nitrogens with zero attached hydrogens (tertiary/aromatic N) is 2. The van der Waals surface area contributed by atoms with Gasteiger partial charge in [0, 0.05) is 31.5 Å². The fourth-order valence-electron chi connectivity index (χ4n) is 5.04. The number of rotatable bonds is 7. The molecule has 7 nitrogen and oxygen atoms in total. The highest BCUT2D eigenvalue weighted by atomic mass is 32.2. The van der Waals surface area contributed by atoms with E-state index in [-0.39, 0.29) is 48.5 Å². The first kappa shape index (κ1) is 29.2. The van der Waals surface area contributed by atoms with Crippen LogP contribution in [0.4, 0.5) is 32.0 Å². The van der Waals surface area contributed by atoms with Crippen LogP contribution >= 0.6 is 0 Å². The normalized spacial score (nSPS) is 23.4. The minimum atomic E-state index is -5.34. The molecule has 2 aromatic rings. The number of hydrogen-bond donors (Lipinski definition) is 2. The van der Waals surface area contributed by atoms with Crippen molar-refractivity contribution in [2.75, 3.05) is 30.7 Å². The molecule has 0 bridgehead atoms. The Labute approximate surface area is 221 Å². The summed E-state index contributed by atoms with van der Waals surface area (Å²) < 4.78 is 109. The maximum Gasteiger partial charge on any atom is 0.424 e. The van der Waals surface area contributed by atoms with Gasteiger partial charge in [-0.1, -0.05) is 12.1 Å². The minimum Gasteiger partial charge on any atom is -0.374 e. The second kappa shape index (κ2) is 10.6. The van der Waals surface area contributed by atoms with Gasteiger partial charge in [0.05, 0.1) is 23.3 Å². The average molecular weight is 580 g/mol. The van der Waals surface area contributed by atoms with Crippen molar-refractivity contribution in [1.29, 1.82) is 0 Å². The summed E-state index contributed by atoms with van der Waals surface area (Å²) in [6, 6.07) is 5.03. The van der Waals surface area contributed by atoms with Crippen LogP contribution in [0.15, 0.2) is 47.4 Å². The zero-order valence-electron chi connectivity index (χ0n) is 20.5. The number of amides is 1. The van der Waals surface area contributed by atoms with Crippen molar-refractivity contribution >= 4 is 21.6 Å². The Kier molecular flexibility index (Phi) is 7.94. The maximum absolute atomic E-state index is 13.7. The van der Waals surface area contributed by atoms with E-state index in [1.54, 1.807) is 0 Å². The van der Waals surface area contributed by atoms with Crippen molar-refractivity contribution in [3.8, 4) is 0 Å². The van der Waals surface area contributed by atoms with Crippen molar-refractivity contribution < 1.29 is 44.7 Å². The third-order valence-corrected chi connectivity index (χ3v) is 9.24. The van der Waals surface area contributed by atoms with E-state index in [2.05, 4.69) is 0 Å². The molecule has 2 aliphatic rings. The first-order chi connectivity index (χ1) is 18.2. The van der Waals surface area contributed by atoms with E-state index in [0.29, 0.717) is 0 Å². The molecule has 14 heteroatoms. The summed E-state index contributed by atoms with van der Waals surface area (Å²) in [5.74, 6) is -1.73. The quantitative estimate of drug-likeness (QED) is 0.491. The number of aliphatic hydroxyl groups is 1. The largest absolute Gasteiger partial charge is 0.424 e. The molecule has 0 aliphatic carbocycles. The van der Waals surface area contributed by atoms with E-state index in [1.807, 2.05) is 0 Å². The molecule has 0 aromatic heterocycles. The number of anilines is 1. The maximum atomic E-state index is 13.7. The SMILES string of the molecule is N[C@H]1CN(C(=O)C[C@@H]2CCc3cc(C(O)(CF)C(F)(F)F)ccc3N2S(=O)(=O)c2ccc(F)cc2)C[C@H]1CF. The van der Waals surface area contributed by atoms with Gasteiger partial charge in [-0.15, -0.1) is 0 Å². The van der Waals surface area contributed by atoms with Crippen LogP contribution in [-0.4, -0.2) is 69.0 Å². The van der Waals surface area contributed by atoms with E-state index >= 15 is 0 Å². The van der Waals surface area contributed by atoms with Crippen LogP contribution < -0.4 is 10.0 Å². The van der Waals surface area contributed by atoms with Gasteiger partial charge in [0.2, 0.25) is 11.5 Å². The summed E-state index contributed by atoms with van der Waals surface area (Å²) in [7, 11) is -4.47. The third-order valence-electron chi connectivity index (χ3n) is 7.36. The standard InChI is InChI=1S/C25H27F6N3O4S/c26-11-16-12-33(13-21(16)32)23(35)10-19-5-1-15-9-17(24(36,14-27)25(29,30)31)2-8-22(15)34(19)39(37,38)20-6-3-18(28)4-7-20/h2-4,6-9,16,19,21,36H,1,5,10-14,32H2/t16-,19+,21+,24?/m1/s1. The molecule has 0 radical (unpaired) electrons. The van der Waals surface area contributed by atoms with Gasteiger partial charge in [-0.05, 0) is 54.3 Å². The lowest BCUT2D eigenvalue weighted by Crippen LogP contribution is -2.47. The van der Waals surface area contributed by atoms with Crippen LogP contribution in [0.5, 0.6) is 0 Å². The molecule has 39 heavy (non-hydrogen) atoms. The minimum absolute atomic E-state index is 0.00484. The highest BCUT2D eigenvalue weighted by Gasteiger charge is 2.55. The van der Waals surface area contributed by atoms with Crippen molar-refractivity contribution in [3.05, 3.63) is 59.4 Å². The third kappa shape index (κ3) is 5.33. The molecule has 2 heterocycles. The summed E-state index contributed by atoms with van der Waals surface area (Å²) in [6.07, 6.45) is -5.66. The fraction of sp³-hybridized carbons (Fsp3) is 0.480. The van der Waals surface area contributed by atoms with Crippen LogP contribution in [0.3, 0.4) is 0 Å². The van der Waals surface area contributed by atoms with Gasteiger partial charge in [0.1, 0.15) is 12.5 Å². The van der Waals surface area contributed by atoms with E-state index in [9.17, 15) is 44.7 Å². The predicted molar refractivity (Wildman–Crippen MR) is 129 cm³/mol. The molecule has 2 aliphatic heterocycles. The molecule has 0 spiro atoms. The van der Waals surface area contributed by atoms with Gasteiger partial charge in [-0.25, -0.2) is 17.2 Å². The smallest absolute Gasteiger partial charge is 0.374 e. The van der Waals surface area contributed by atoms with E-state index in [4.69, 9.17) is 5.73 Å². The zero-order valence-corrected chi connectivity index (χ0v) is 21.4. The Hall–Kier alpha value is -2.84. The number of fused-ring (bicyclic) bond motifs is 1. The van der Waals surface area contributed by atoms with Crippen LogP contribution in [0, 0.1) is 11.7 Å². The number of aryl methyl sites for hydroxylation is 1. The van der Waals surface area contributed by atoms with Crippen molar-refractivity contribution in [2.45, 2.75) is 48.0 Å². The molecule has 2 aromatic carbocycles. The molecular weight excluding hydrogens is 552 g/mol. The molecule has 1 amide bonds. The van der Waals surface area contributed by atoms with Gasteiger partial charge in [-0.3, -0.25) is 13.5 Å². The van der Waals surface area contributed by atoms with Crippen molar-refractivity contribution in [1.82, 2.24) is 4.90 Å². The second-order valence-corrected chi connectivity index (χ2v) is 11.7. The molecule has 3 N–H and O–H groups in total. The lowest BCUT2D eigenvalue weighted by molar-refractivity contribution is -0.271. The van der Waals surface area contributed by atoms with Gasteiger partial charge in [0.15, 0.2) is 0 Å². The fourth-order valence-corrected chi connectivity index (χ4v) is 6.75. The topological polar surface area (TPSA) is 104 Å². The summed E-state index contributed by atoms with van der Waals surface area (Å²) >= 11 is 0. The number of sulfonamides is 1. The predicted octanol–water partition coefficient (Wildman–Crippen LogP) is 3.20. The van der Waals surface area contributed by atoms with Gasteiger partial charge < -0.3 is 15.7 Å². The Bertz CT molecular complexity index is 1320. The Morgan fingerprint density at radius 2 is 1.74 bits per heavy atom. The Balaban J connectivity index is 1.75. The summed E-state index contributed by atoms with van der Waals surface area (Å²) in [5.41, 5.74) is 1.32. The molecule has 0 saturated carbocycles. The van der Waals surface area contributed by atoms with Gasteiger partial charge in [0.25, 0.3) is 10.0 Å². The molecule has 1 fully saturated rings. The second-order valence-electron chi connectivity index (χ2n) is 9.86. The monoisotopic (exact) mass is 579 g/mol. The molecule has 214 valence electrons. The lowest BCUT2D eigenvalue weighted by Gasteiger charge is -2.39. The number of alkyl halides is 5. The number of carbonyl (C=O) groups excluding carboxylic acids is 1. The Morgan fingerprint density at radius 1 is 1.08 bits per heavy atom. The van der Waals surface area contributed by atoms with Crippen LogP contribution in [0.1, 0.15) is 24.0 Å². The van der Waals surface area contributed by atoms with Crippen LogP contribution in [0.2, 0.25) is 0 Å². The van der Waals surface area contributed by atoms with Crippen LogP contribution in [0.25, 0.3) is 0 Å². The number of benzene rings is 2. The van der Waals surface area contributed by atoms with E-state index < -0.39 is 70.4 Å². The Morgan fingerprint density at radius 3 is 2.31 bits per heavy atom. The van der Waals surface area contributed by atoms with E-state index in [0.717, 1.165) is 46.8 Å². The number of nitrogens with two attached hydrogens (primary N) is 1. The highest BCUT2D eigenvalue weighted by Crippen LogP contribution is 2.43. The van der Waals surface area contributed by atoms with Crippen LogP contribution in [-0.2, 0) is 26.8 Å².